The van der Waals surface area contributed by atoms with E-state index in [2.05, 4.69) is 10.4 Å². The summed E-state index contributed by atoms with van der Waals surface area (Å²) in [5.41, 5.74) is 3.07. The Balaban J connectivity index is 1.36. The quantitative estimate of drug-likeness (QED) is 0.471. The molecule has 0 unspecified atom stereocenters. The van der Waals surface area contributed by atoms with Gasteiger partial charge in [-0.2, -0.15) is 5.10 Å². The SMILES string of the molecule is O=C(Nc1ccc(OCc2ccccc2)cc1)c1cnn(-c2ccc(Cl)cc2)c1. The molecule has 0 fully saturated rings. The molecule has 0 bridgehead atoms. The lowest BCUT2D eigenvalue weighted by Gasteiger charge is -2.08. The van der Waals surface area contributed by atoms with Gasteiger partial charge in [-0.3, -0.25) is 4.79 Å². The predicted octanol–water partition coefficient (Wildman–Crippen LogP) is 5.36. The number of aromatic nitrogens is 2. The van der Waals surface area contributed by atoms with Crippen molar-refractivity contribution in [3.63, 3.8) is 0 Å². The molecule has 1 N–H and O–H groups in total. The Morgan fingerprint density at radius 3 is 2.41 bits per heavy atom. The van der Waals surface area contributed by atoms with Crippen molar-refractivity contribution in [1.82, 2.24) is 9.78 Å². The molecule has 1 amide bonds. The van der Waals surface area contributed by atoms with E-state index in [1.165, 1.54) is 6.20 Å². The number of carbonyl (C=O) groups is 1. The Hall–Kier alpha value is -3.57. The first-order valence-corrected chi connectivity index (χ1v) is 9.44. The number of nitrogens with one attached hydrogen (secondary N) is 1. The van der Waals surface area contributed by atoms with Crippen molar-refractivity contribution in [3.05, 3.63) is 107 Å². The first-order chi connectivity index (χ1) is 14.2. The Kier molecular flexibility index (Phi) is 5.59. The van der Waals surface area contributed by atoms with E-state index in [9.17, 15) is 4.79 Å². The molecule has 1 heterocycles. The predicted molar refractivity (Wildman–Crippen MR) is 114 cm³/mol. The summed E-state index contributed by atoms with van der Waals surface area (Å²) in [6, 6.07) is 24.5. The lowest BCUT2D eigenvalue weighted by atomic mass is 10.2. The summed E-state index contributed by atoms with van der Waals surface area (Å²) in [5.74, 6) is 0.505. The van der Waals surface area contributed by atoms with E-state index in [0.29, 0.717) is 22.9 Å². The molecule has 0 aliphatic rings. The molecule has 0 saturated carbocycles. The topological polar surface area (TPSA) is 56.1 Å². The van der Waals surface area contributed by atoms with Gasteiger partial charge < -0.3 is 10.1 Å². The van der Waals surface area contributed by atoms with E-state index in [-0.39, 0.29) is 5.91 Å². The zero-order chi connectivity index (χ0) is 20.1. The van der Waals surface area contributed by atoms with Crippen LogP contribution in [-0.2, 0) is 6.61 Å². The number of rotatable bonds is 6. The van der Waals surface area contributed by atoms with E-state index >= 15 is 0 Å². The molecular weight excluding hydrogens is 386 g/mol. The number of anilines is 1. The number of amides is 1. The highest BCUT2D eigenvalue weighted by Crippen LogP contribution is 2.18. The molecule has 4 rings (SSSR count). The fraction of sp³-hybridized carbons (Fsp3) is 0.0435. The van der Waals surface area contributed by atoms with E-state index in [0.717, 1.165) is 17.0 Å². The maximum absolute atomic E-state index is 12.5. The molecule has 5 nitrogen and oxygen atoms in total. The Labute approximate surface area is 173 Å². The molecule has 0 atom stereocenters. The number of hydrogen-bond donors (Lipinski definition) is 1. The van der Waals surface area contributed by atoms with Gasteiger partial charge in [0.1, 0.15) is 12.4 Å². The number of ether oxygens (including phenoxy) is 1. The second-order valence-corrected chi connectivity index (χ2v) is 6.84. The van der Waals surface area contributed by atoms with Crippen molar-refractivity contribution in [2.24, 2.45) is 0 Å². The molecular formula is C23H18ClN3O2. The number of carbonyl (C=O) groups excluding carboxylic acids is 1. The first-order valence-electron chi connectivity index (χ1n) is 9.06. The normalized spacial score (nSPS) is 10.5. The van der Waals surface area contributed by atoms with Gasteiger partial charge in [0.25, 0.3) is 5.91 Å². The molecule has 6 heteroatoms. The van der Waals surface area contributed by atoms with Gasteiger partial charge in [0.2, 0.25) is 0 Å². The van der Waals surface area contributed by atoms with E-state index in [1.807, 2.05) is 66.7 Å². The summed E-state index contributed by atoms with van der Waals surface area (Å²) in [6.45, 7) is 0.496. The molecule has 144 valence electrons. The summed E-state index contributed by atoms with van der Waals surface area (Å²) in [5, 5.41) is 7.75. The average Bonchev–Trinajstić information content (AvgIpc) is 3.25. The minimum Gasteiger partial charge on any atom is -0.489 e. The molecule has 0 radical (unpaired) electrons. The van der Waals surface area contributed by atoms with Gasteiger partial charge >= 0.3 is 0 Å². The standard InChI is InChI=1S/C23H18ClN3O2/c24-19-6-10-21(11-7-19)27-15-18(14-25-27)23(28)26-20-8-12-22(13-9-20)29-16-17-4-2-1-3-5-17/h1-15H,16H2,(H,26,28). The summed E-state index contributed by atoms with van der Waals surface area (Å²) >= 11 is 5.90. The molecule has 29 heavy (non-hydrogen) atoms. The number of halogens is 1. The fourth-order valence-corrected chi connectivity index (χ4v) is 2.88. The largest absolute Gasteiger partial charge is 0.489 e. The summed E-state index contributed by atoms with van der Waals surface area (Å²) in [6.07, 6.45) is 3.21. The van der Waals surface area contributed by atoms with Crippen molar-refractivity contribution < 1.29 is 9.53 Å². The zero-order valence-electron chi connectivity index (χ0n) is 15.5. The molecule has 0 aliphatic heterocycles. The van der Waals surface area contributed by atoms with Gasteiger partial charge in [0.15, 0.2) is 0 Å². The van der Waals surface area contributed by atoms with Crippen molar-refractivity contribution in [2.45, 2.75) is 6.61 Å². The van der Waals surface area contributed by atoms with Gasteiger partial charge in [-0.05, 0) is 54.1 Å². The van der Waals surface area contributed by atoms with Gasteiger partial charge in [0.05, 0.1) is 17.4 Å². The summed E-state index contributed by atoms with van der Waals surface area (Å²) < 4.78 is 7.39. The van der Waals surface area contributed by atoms with Crippen LogP contribution in [0.2, 0.25) is 5.02 Å². The Morgan fingerprint density at radius 2 is 1.69 bits per heavy atom. The first kappa shape index (κ1) is 18.8. The van der Waals surface area contributed by atoms with Crippen LogP contribution in [0.4, 0.5) is 5.69 Å². The van der Waals surface area contributed by atoms with Crippen LogP contribution in [0.1, 0.15) is 15.9 Å². The third kappa shape index (κ3) is 4.83. The lowest BCUT2D eigenvalue weighted by molar-refractivity contribution is 0.102. The third-order valence-electron chi connectivity index (χ3n) is 4.30. The van der Waals surface area contributed by atoms with Gasteiger partial charge in [-0.15, -0.1) is 0 Å². The van der Waals surface area contributed by atoms with Crippen molar-refractivity contribution in [2.75, 3.05) is 5.32 Å². The van der Waals surface area contributed by atoms with Crippen molar-refractivity contribution in [1.29, 1.82) is 0 Å². The highest BCUT2D eigenvalue weighted by Gasteiger charge is 2.10. The van der Waals surface area contributed by atoms with E-state index in [4.69, 9.17) is 16.3 Å². The highest BCUT2D eigenvalue weighted by atomic mass is 35.5. The average molecular weight is 404 g/mol. The van der Waals surface area contributed by atoms with Gasteiger partial charge in [-0.25, -0.2) is 4.68 Å². The smallest absolute Gasteiger partial charge is 0.258 e. The van der Waals surface area contributed by atoms with Crippen LogP contribution >= 0.6 is 11.6 Å². The Bertz CT molecular complexity index is 1090. The van der Waals surface area contributed by atoms with Crippen LogP contribution < -0.4 is 10.1 Å². The Morgan fingerprint density at radius 1 is 0.966 bits per heavy atom. The number of hydrogen-bond acceptors (Lipinski definition) is 3. The molecule has 0 aliphatic carbocycles. The molecule has 4 aromatic rings. The molecule has 3 aromatic carbocycles. The second kappa shape index (κ2) is 8.63. The monoisotopic (exact) mass is 403 g/mol. The van der Waals surface area contributed by atoms with E-state index in [1.54, 1.807) is 23.0 Å². The van der Waals surface area contributed by atoms with Crippen LogP contribution in [-0.4, -0.2) is 15.7 Å². The van der Waals surface area contributed by atoms with Crippen LogP contribution in [0.3, 0.4) is 0 Å². The van der Waals surface area contributed by atoms with E-state index < -0.39 is 0 Å². The van der Waals surface area contributed by atoms with Gasteiger partial charge in [-0.1, -0.05) is 41.9 Å². The van der Waals surface area contributed by atoms with Gasteiger partial charge in [0, 0.05) is 16.9 Å². The van der Waals surface area contributed by atoms with Crippen molar-refractivity contribution >= 4 is 23.2 Å². The molecule has 0 spiro atoms. The van der Waals surface area contributed by atoms with Crippen LogP contribution in [0.15, 0.2) is 91.3 Å². The lowest BCUT2D eigenvalue weighted by Crippen LogP contribution is -2.11. The third-order valence-corrected chi connectivity index (χ3v) is 4.55. The minimum absolute atomic E-state index is 0.233. The summed E-state index contributed by atoms with van der Waals surface area (Å²) in [4.78, 5) is 12.5. The number of nitrogens with zero attached hydrogens (tertiary/aromatic N) is 2. The van der Waals surface area contributed by atoms with Crippen LogP contribution in [0, 0.1) is 0 Å². The highest BCUT2D eigenvalue weighted by molar-refractivity contribution is 6.30. The maximum Gasteiger partial charge on any atom is 0.258 e. The second-order valence-electron chi connectivity index (χ2n) is 6.40. The maximum atomic E-state index is 12.5. The molecule has 0 saturated heterocycles. The minimum atomic E-state index is -0.233. The molecule has 1 aromatic heterocycles. The van der Waals surface area contributed by atoms with Crippen molar-refractivity contribution in [3.8, 4) is 11.4 Å². The number of benzene rings is 3. The zero-order valence-corrected chi connectivity index (χ0v) is 16.2. The van der Waals surface area contributed by atoms with Crippen LogP contribution in [0.25, 0.3) is 5.69 Å². The fourth-order valence-electron chi connectivity index (χ4n) is 2.75. The van der Waals surface area contributed by atoms with Crippen LogP contribution in [0.5, 0.6) is 5.75 Å². The summed E-state index contributed by atoms with van der Waals surface area (Å²) in [7, 11) is 0.